The van der Waals surface area contributed by atoms with Crippen LogP contribution in [-0.2, 0) is 11.3 Å². The fraction of sp³-hybridized carbons (Fsp3) is 0.0370. The van der Waals surface area contributed by atoms with Gasteiger partial charge in [0.2, 0.25) is 0 Å². The molecule has 0 radical (unpaired) electrons. The second-order valence-electron chi connectivity index (χ2n) is 6.96. The van der Waals surface area contributed by atoms with Crippen molar-refractivity contribution in [2.24, 2.45) is 0 Å². The summed E-state index contributed by atoms with van der Waals surface area (Å²) >= 11 is 1.43. The van der Waals surface area contributed by atoms with Crippen LogP contribution in [0.3, 0.4) is 0 Å². The molecule has 0 saturated heterocycles. The summed E-state index contributed by atoms with van der Waals surface area (Å²) < 4.78 is 5.94. The molecule has 4 nitrogen and oxygen atoms in total. The number of carbonyl (C=O) groups excluding carboxylic acids is 1. The van der Waals surface area contributed by atoms with Gasteiger partial charge in [-0.25, -0.2) is 0 Å². The van der Waals surface area contributed by atoms with Crippen molar-refractivity contribution in [2.75, 3.05) is 0 Å². The zero-order valence-corrected chi connectivity index (χ0v) is 18.2. The molecule has 0 fully saturated rings. The monoisotopic (exact) mass is 438 g/mol. The van der Waals surface area contributed by atoms with Gasteiger partial charge < -0.3 is 10.1 Å². The Morgan fingerprint density at radius 2 is 1.62 bits per heavy atom. The molecule has 1 amide bonds. The summed E-state index contributed by atoms with van der Waals surface area (Å²) in [5, 5.41) is 2.99. The maximum absolute atomic E-state index is 13.0. The zero-order chi connectivity index (χ0) is 22.0. The number of nitrogens with one attached hydrogen (secondary N) is 1. The van der Waals surface area contributed by atoms with Crippen molar-refractivity contribution in [1.29, 1.82) is 0 Å². The van der Waals surface area contributed by atoms with E-state index in [2.05, 4.69) is 10.3 Å². The van der Waals surface area contributed by atoms with Gasteiger partial charge in [-0.3, -0.25) is 9.78 Å². The minimum atomic E-state index is -0.142. The first-order valence-corrected chi connectivity index (χ1v) is 11.0. The van der Waals surface area contributed by atoms with E-state index >= 15 is 0 Å². The van der Waals surface area contributed by atoms with Crippen LogP contribution in [0.4, 0.5) is 0 Å². The number of hydrogen-bond acceptors (Lipinski definition) is 4. The minimum absolute atomic E-state index is 0.142. The molecule has 4 rings (SSSR count). The molecule has 0 aliphatic heterocycles. The van der Waals surface area contributed by atoms with Crippen LogP contribution in [0.15, 0.2) is 119 Å². The third-order valence-corrected chi connectivity index (χ3v) is 5.54. The molecule has 0 saturated carbocycles. The highest BCUT2D eigenvalue weighted by atomic mass is 32.2. The minimum Gasteiger partial charge on any atom is -0.457 e. The van der Waals surface area contributed by atoms with E-state index in [4.69, 9.17) is 4.74 Å². The van der Waals surface area contributed by atoms with E-state index in [1.165, 1.54) is 11.8 Å². The summed E-state index contributed by atoms with van der Waals surface area (Å²) in [7, 11) is 0. The van der Waals surface area contributed by atoms with Gasteiger partial charge in [0.1, 0.15) is 11.5 Å². The summed E-state index contributed by atoms with van der Waals surface area (Å²) in [6, 6.07) is 31.0. The van der Waals surface area contributed by atoms with E-state index in [0.717, 1.165) is 21.8 Å². The number of amides is 1. The van der Waals surface area contributed by atoms with Gasteiger partial charge in [0, 0.05) is 23.8 Å². The first kappa shape index (κ1) is 21.4. The van der Waals surface area contributed by atoms with Gasteiger partial charge in [0.25, 0.3) is 5.91 Å². The molecule has 158 valence electrons. The Balaban J connectivity index is 1.56. The molecule has 0 aliphatic carbocycles. The quantitative estimate of drug-likeness (QED) is 0.258. The maximum Gasteiger partial charge on any atom is 0.258 e. The highest BCUT2D eigenvalue weighted by molar-refractivity contribution is 8.04. The topological polar surface area (TPSA) is 51.2 Å². The fourth-order valence-electron chi connectivity index (χ4n) is 2.97. The summed E-state index contributed by atoms with van der Waals surface area (Å²) in [4.78, 5) is 18.7. The molecule has 0 unspecified atom stereocenters. The number of aromatic nitrogens is 1. The largest absolute Gasteiger partial charge is 0.457 e. The maximum atomic E-state index is 13.0. The molecule has 1 heterocycles. The van der Waals surface area contributed by atoms with E-state index in [-0.39, 0.29) is 5.91 Å². The van der Waals surface area contributed by atoms with Gasteiger partial charge in [-0.05, 0) is 59.7 Å². The van der Waals surface area contributed by atoms with Gasteiger partial charge >= 0.3 is 0 Å². The van der Waals surface area contributed by atoms with Crippen molar-refractivity contribution in [3.05, 3.63) is 125 Å². The van der Waals surface area contributed by atoms with Gasteiger partial charge in [0.05, 0.1) is 4.91 Å². The van der Waals surface area contributed by atoms with Crippen LogP contribution >= 0.6 is 11.8 Å². The molecule has 32 heavy (non-hydrogen) atoms. The van der Waals surface area contributed by atoms with Crippen LogP contribution in [-0.4, -0.2) is 10.9 Å². The van der Waals surface area contributed by atoms with Crippen LogP contribution in [0.25, 0.3) is 6.08 Å². The number of benzene rings is 3. The van der Waals surface area contributed by atoms with E-state index in [9.17, 15) is 4.79 Å². The number of carbonyl (C=O) groups is 1. The van der Waals surface area contributed by atoms with Crippen LogP contribution in [0.1, 0.15) is 11.1 Å². The number of thioether (sulfide) groups is 1. The Morgan fingerprint density at radius 3 is 2.38 bits per heavy atom. The number of hydrogen-bond donors (Lipinski definition) is 1. The van der Waals surface area contributed by atoms with E-state index in [0.29, 0.717) is 17.2 Å². The summed E-state index contributed by atoms with van der Waals surface area (Å²) in [6.45, 7) is 0.413. The molecule has 4 aromatic rings. The molecule has 0 atom stereocenters. The van der Waals surface area contributed by atoms with Gasteiger partial charge in [0.15, 0.2) is 0 Å². The van der Waals surface area contributed by atoms with Crippen LogP contribution in [0.2, 0.25) is 0 Å². The number of pyridine rings is 1. The third-order valence-electron chi connectivity index (χ3n) is 4.51. The second kappa shape index (κ2) is 11.0. The Labute approximate surface area is 192 Å². The lowest BCUT2D eigenvalue weighted by molar-refractivity contribution is -0.116. The lowest BCUT2D eigenvalue weighted by atomic mass is 10.2. The smallest absolute Gasteiger partial charge is 0.258 e. The van der Waals surface area contributed by atoms with Gasteiger partial charge in [-0.1, -0.05) is 66.4 Å². The predicted octanol–water partition coefficient (Wildman–Crippen LogP) is 6.32. The highest BCUT2D eigenvalue weighted by Gasteiger charge is 2.12. The van der Waals surface area contributed by atoms with Crippen molar-refractivity contribution < 1.29 is 9.53 Å². The molecule has 1 aromatic heterocycles. The molecule has 5 heteroatoms. The molecule has 0 aliphatic rings. The van der Waals surface area contributed by atoms with Crippen molar-refractivity contribution in [1.82, 2.24) is 10.3 Å². The van der Waals surface area contributed by atoms with E-state index < -0.39 is 0 Å². The summed E-state index contributed by atoms with van der Waals surface area (Å²) in [5.74, 6) is 1.34. The number of rotatable bonds is 8. The lowest BCUT2D eigenvalue weighted by Crippen LogP contribution is -2.23. The standard InChI is InChI=1S/C27H22N2O2S/c30-27(29-20-22-10-8-16-28-19-22)26(32-25-14-5-2-6-15-25)18-21-9-7-13-24(17-21)31-23-11-3-1-4-12-23/h1-19H,20H2,(H,29,30)/b26-18+. The van der Waals surface area contributed by atoms with Crippen molar-refractivity contribution in [3.8, 4) is 11.5 Å². The van der Waals surface area contributed by atoms with Crippen LogP contribution in [0.5, 0.6) is 11.5 Å². The fourth-order valence-corrected chi connectivity index (χ4v) is 3.88. The normalized spacial score (nSPS) is 11.1. The van der Waals surface area contributed by atoms with E-state index in [1.807, 2.05) is 103 Å². The molecular weight excluding hydrogens is 416 g/mol. The zero-order valence-electron chi connectivity index (χ0n) is 17.3. The average molecular weight is 439 g/mol. The van der Waals surface area contributed by atoms with E-state index in [1.54, 1.807) is 12.4 Å². The SMILES string of the molecule is O=C(NCc1cccnc1)/C(=C\c1cccc(Oc2ccccc2)c1)Sc1ccccc1. The van der Waals surface area contributed by atoms with Crippen molar-refractivity contribution in [2.45, 2.75) is 11.4 Å². The van der Waals surface area contributed by atoms with Gasteiger partial charge in [-0.2, -0.15) is 0 Å². The molecule has 1 N–H and O–H groups in total. The molecule has 0 bridgehead atoms. The summed E-state index contributed by atoms with van der Waals surface area (Å²) in [5.41, 5.74) is 1.83. The predicted molar refractivity (Wildman–Crippen MR) is 129 cm³/mol. The van der Waals surface area contributed by atoms with Crippen molar-refractivity contribution >= 4 is 23.7 Å². The Morgan fingerprint density at radius 1 is 0.875 bits per heavy atom. The third kappa shape index (κ3) is 6.33. The van der Waals surface area contributed by atoms with Crippen molar-refractivity contribution in [3.63, 3.8) is 0 Å². The number of nitrogens with zero attached hydrogens (tertiary/aromatic N) is 1. The summed E-state index contributed by atoms with van der Waals surface area (Å²) in [6.07, 6.45) is 5.35. The average Bonchev–Trinajstić information content (AvgIpc) is 2.84. The first-order valence-electron chi connectivity index (χ1n) is 10.2. The second-order valence-corrected chi connectivity index (χ2v) is 8.07. The van der Waals surface area contributed by atoms with Crippen LogP contribution < -0.4 is 10.1 Å². The Bertz CT molecular complexity index is 1180. The Hall–Kier alpha value is -3.83. The van der Waals surface area contributed by atoms with Crippen LogP contribution in [0, 0.1) is 0 Å². The highest BCUT2D eigenvalue weighted by Crippen LogP contribution is 2.30. The molecule has 0 spiro atoms. The number of para-hydroxylation sites is 1. The molecular formula is C27H22N2O2S. The first-order chi connectivity index (χ1) is 15.8. The molecule has 3 aromatic carbocycles. The number of ether oxygens (including phenoxy) is 1. The van der Waals surface area contributed by atoms with Gasteiger partial charge in [-0.15, -0.1) is 0 Å². The lowest BCUT2D eigenvalue weighted by Gasteiger charge is -2.10. The Kier molecular flexibility index (Phi) is 7.34.